The van der Waals surface area contributed by atoms with E-state index >= 15 is 0 Å². The third kappa shape index (κ3) is 5.00. The van der Waals surface area contributed by atoms with Crippen LogP contribution in [0.2, 0.25) is 0 Å². The predicted molar refractivity (Wildman–Crippen MR) is 130 cm³/mol. The number of urea groups is 1. The second-order valence-corrected chi connectivity index (χ2v) is 9.64. The van der Waals surface area contributed by atoms with E-state index in [0.29, 0.717) is 0 Å². The first kappa shape index (κ1) is 23.5. The van der Waals surface area contributed by atoms with E-state index in [0.717, 1.165) is 58.1 Å². The van der Waals surface area contributed by atoms with Crippen molar-refractivity contribution in [3.63, 3.8) is 0 Å². The number of carbonyl (C=O) groups excluding carboxylic acids is 2. The number of nitrogens with zero attached hydrogens (tertiary/aromatic N) is 5. The van der Waals surface area contributed by atoms with E-state index in [1.807, 2.05) is 0 Å². The van der Waals surface area contributed by atoms with E-state index in [2.05, 4.69) is 59.0 Å². The Kier molecular flexibility index (Phi) is 7.22. The molecule has 0 radical (unpaired) electrons. The van der Waals surface area contributed by atoms with Gasteiger partial charge in [-0.1, -0.05) is 49.9 Å². The predicted octanol–water partition coefficient (Wildman–Crippen LogP) is 2.55. The number of amides is 3. The second-order valence-electron chi connectivity index (χ2n) is 9.64. The van der Waals surface area contributed by atoms with E-state index in [1.165, 1.54) is 29.5 Å². The highest BCUT2D eigenvalue weighted by atomic mass is 16.2. The molecule has 0 aliphatic carbocycles. The molecule has 0 aromatic heterocycles. The Labute approximate surface area is 197 Å². The third-order valence-corrected chi connectivity index (χ3v) is 7.15. The normalized spacial score (nSPS) is 23.6. The molecule has 3 amide bonds. The standard InChI is InChI=1S/C25H38N6O2/c1-5-6-7-8-11-31-21-22(28(4)25(33)27-23(21)32)26-24(31)30-14-12-29(13-15-30)17-20-16-18(2)9-10-19(20)3/h9-10,16,21-22H,5-8,11-15,17H2,1-4H3,(H,27,32,33). The van der Waals surface area contributed by atoms with Crippen LogP contribution in [0, 0.1) is 13.8 Å². The molecule has 1 N–H and O–H groups in total. The lowest BCUT2D eigenvalue weighted by Crippen LogP contribution is -2.64. The van der Waals surface area contributed by atoms with Crippen molar-refractivity contribution in [3.05, 3.63) is 34.9 Å². The number of piperazine rings is 1. The molecule has 2 saturated heterocycles. The van der Waals surface area contributed by atoms with Crippen molar-refractivity contribution in [2.24, 2.45) is 4.99 Å². The third-order valence-electron chi connectivity index (χ3n) is 7.15. The molecule has 2 fully saturated rings. The van der Waals surface area contributed by atoms with Gasteiger partial charge < -0.3 is 14.7 Å². The van der Waals surface area contributed by atoms with Crippen molar-refractivity contribution < 1.29 is 9.59 Å². The fourth-order valence-corrected chi connectivity index (χ4v) is 5.04. The zero-order valence-electron chi connectivity index (χ0n) is 20.5. The van der Waals surface area contributed by atoms with Crippen LogP contribution in [0.5, 0.6) is 0 Å². The molecule has 2 atom stereocenters. The minimum absolute atomic E-state index is 0.231. The number of likely N-dealkylation sites (N-methyl/N-ethyl adjacent to an activating group) is 1. The fourth-order valence-electron chi connectivity index (χ4n) is 5.04. The Bertz CT molecular complexity index is 908. The number of benzene rings is 1. The van der Waals surface area contributed by atoms with E-state index in [9.17, 15) is 9.59 Å². The number of hydrogen-bond acceptors (Lipinski definition) is 6. The molecular formula is C25H38N6O2. The maximum absolute atomic E-state index is 12.8. The van der Waals surface area contributed by atoms with Gasteiger partial charge in [-0.25, -0.2) is 9.79 Å². The number of nitrogens with one attached hydrogen (secondary N) is 1. The maximum atomic E-state index is 12.8. The summed E-state index contributed by atoms with van der Waals surface area (Å²) < 4.78 is 0. The number of aliphatic imine (C=N–C) groups is 1. The van der Waals surface area contributed by atoms with Crippen LogP contribution in [0.25, 0.3) is 0 Å². The Morgan fingerprint density at radius 1 is 1.06 bits per heavy atom. The molecule has 0 saturated carbocycles. The average Bonchev–Trinajstić information content (AvgIpc) is 3.18. The van der Waals surface area contributed by atoms with Crippen LogP contribution >= 0.6 is 0 Å². The summed E-state index contributed by atoms with van der Waals surface area (Å²) >= 11 is 0. The molecule has 0 bridgehead atoms. The zero-order chi connectivity index (χ0) is 23.5. The molecule has 0 spiro atoms. The summed E-state index contributed by atoms with van der Waals surface area (Å²) in [6.45, 7) is 11.9. The Balaban J connectivity index is 1.45. The first-order valence-corrected chi connectivity index (χ1v) is 12.3. The molecule has 1 aromatic carbocycles. The van der Waals surface area contributed by atoms with Crippen molar-refractivity contribution in [1.82, 2.24) is 24.9 Å². The van der Waals surface area contributed by atoms with Gasteiger partial charge in [0.15, 0.2) is 18.2 Å². The molecule has 2 unspecified atom stereocenters. The molecule has 3 aliphatic heterocycles. The highest BCUT2D eigenvalue weighted by Crippen LogP contribution is 2.27. The number of fused-ring (bicyclic) bond motifs is 1. The van der Waals surface area contributed by atoms with Gasteiger partial charge in [-0.15, -0.1) is 0 Å². The molecule has 1 aromatic rings. The van der Waals surface area contributed by atoms with Crippen LogP contribution in [0.4, 0.5) is 4.79 Å². The van der Waals surface area contributed by atoms with Crippen LogP contribution < -0.4 is 5.32 Å². The summed E-state index contributed by atoms with van der Waals surface area (Å²) in [5.41, 5.74) is 4.03. The van der Waals surface area contributed by atoms with Crippen LogP contribution in [-0.4, -0.2) is 89.5 Å². The van der Waals surface area contributed by atoms with Crippen molar-refractivity contribution >= 4 is 17.9 Å². The summed E-state index contributed by atoms with van der Waals surface area (Å²) in [6.07, 6.45) is 4.08. The lowest BCUT2D eigenvalue weighted by atomic mass is 10.0. The van der Waals surface area contributed by atoms with Crippen LogP contribution in [0.3, 0.4) is 0 Å². The monoisotopic (exact) mass is 454 g/mol. The Hall–Kier alpha value is -2.61. The molecular weight excluding hydrogens is 416 g/mol. The van der Waals surface area contributed by atoms with Gasteiger partial charge in [-0.2, -0.15) is 0 Å². The van der Waals surface area contributed by atoms with E-state index in [-0.39, 0.29) is 11.9 Å². The number of imide groups is 1. The summed E-state index contributed by atoms with van der Waals surface area (Å²) in [5, 5.41) is 2.51. The maximum Gasteiger partial charge on any atom is 0.325 e. The molecule has 8 nitrogen and oxygen atoms in total. The zero-order valence-corrected chi connectivity index (χ0v) is 20.5. The number of aryl methyl sites for hydroxylation is 2. The largest absolute Gasteiger partial charge is 0.340 e. The van der Waals surface area contributed by atoms with E-state index < -0.39 is 12.2 Å². The topological polar surface area (TPSA) is 71.5 Å². The molecule has 4 rings (SSSR count). The van der Waals surface area contributed by atoms with Crippen LogP contribution in [0.15, 0.2) is 23.2 Å². The lowest BCUT2D eigenvalue weighted by Gasteiger charge is -2.40. The molecule has 3 heterocycles. The summed E-state index contributed by atoms with van der Waals surface area (Å²) in [4.78, 5) is 38.4. The first-order valence-electron chi connectivity index (χ1n) is 12.3. The van der Waals surface area contributed by atoms with Gasteiger partial charge in [0, 0.05) is 46.3 Å². The number of rotatable bonds is 7. The number of guanidine groups is 1. The summed E-state index contributed by atoms with van der Waals surface area (Å²) in [5.74, 6) is 0.649. The molecule has 3 aliphatic rings. The van der Waals surface area contributed by atoms with Gasteiger partial charge >= 0.3 is 6.03 Å². The highest BCUT2D eigenvalue weighted by Gasteiger charge is 2.49. The summed E-state index contributed by atoms with van der Waals surface area (Å²) in [6, 6.07) is 5.86. The molecule has 8 heteroatoms. The first-order chi connectivity index (χ1) is 15.9. The van der Waals surface area contributed by atoms with Gasteiger partial charge in [0.2, 0.25) is 0 Å². The minimum Gasteiger partial charge on any atom is -0.340 e. The van der Waals surface area contributed by atoms with Gasteiger partial charge in [0.1, 0.15) is 0 Å². The van der Waals surface area contributed by atoms with Crippen molar-refractivity contribution in [2.75, 3.05) is 39.8 Å². The SMILES string of the molecule is CCCCCCN1C(N2CCN(Cc3cc(C)ccc3C)CC2)=NC2C1C(=O)NC(=O)N2C. The fraction of sp³-hybridized carbons (Fsp3) is 0.640. The van der Waals surface area contributed by atoms with E-state index in [4.69, 9.17) is 4.99 Å². The molecule has 33 heavy (non-hydrogen) atoms. The van der Waals surface area contributed by atoms with Gasteiger partial charge in [-0.3, -0.25) is 15.0 Å². The van der Waals surface area contributed by atoms with Crippen molar-refractivity contribution in [2.45, 2.75) is 65.2 Å². The Morgan fingerprint density at radius 2 is 1.82 bits per heavy atom. The summed E-state index contributed by atoms with van der Waals surface area (Å²) in [7, 11) is 1.73. The van der Waals surface area contributed by atoms with Gasteiger partial charge in [-0.05, 0) is 31.4 Å². The minimum atomic E-state index is -0.444. The van der Waals surface area contributed by atoms with Gasteiger partial charge in [0.25, 0.3) is 5.91 Å². The van der Waals surface area contributed by atoms with Crippen LogP contribution in [0.1, 0.15) is 49.3 Å². The Morgan fingerprint density at radius 3 is 2.55 bits per heavy atom. The molecule has 180 valence electrons. The number of hydrogen-bond donors (Lipinski definition) is 1. The van der Waals surface area contributed by atoms with Gasteiger partial charge in [0.05, 0.1) is 0 Å². The smallest absolute Gasteiger partial charge is 0.325 e. The van der Waals surface area contributed by atoms with E-state index in [1.54, 1.807) is 11.9 Å². The average molecular weight is 455 g/mol. The lowest BCUT2D eigenvalue weighted by molar-refractivity contribution is -0.127. The van der Waals surface area contributed by atoms with Crippen molar-refractivity contribution in [1.29, 1.82) is 0 Å². The van der Waals surface area contributed by atoms with Crippen molar-refractivity contribution in [3.8, 4) is 0 Å². The highest BCUT2D eigenvalue weighted by molar-refractivity contribution is 6.03. The number of unbranched alkanes of at least 4 members (excludes halogenated alkanes) is 3. The second kappa shape index (κ2) is 10.1. The number of carbonyl (C=O) groups is 2. The quantitative estimate of drug-likeness (QED) is 0.641. The van der Waals surface area contributed by atoms with Crippen LogP contribution in [-0.2, 0) is 11.3 Å².